The lowest BCUT2D eigenvalue weighted by Gasteiger charge is -2.31. The molecule has 0 spiro atoms. The molecule has 0 radical (unpaired) electrons. The van der Waals surface area contributed by atoms with E-state index in [0.29, 0.717) is 34.7 Å². The first-order valence-electron chi connectivity index (χ1n) is 21.1. The average Bonchev–Trinajstić information content (AvgIpc) is 3.11. The van der Waals surface area contributed by atoms with Gasteiger partial charge in [-0.2, -0.15) is 0 Å². The highest BCUT2D eigenvalue weighted by atomic mass is 35.5. The molecule has 0 N–H and O–H groups in total. The first-order valence-corrected chi connectivity index (χ1v) is 21.4. The first kappa shape index (κ1) is 50.7. The Kier molecular flexibility index (Phi) is 19.5. The Morgan fingerprint density at radius 2 is 0.931 bits per heavy atom. The molecule has 0 saturated heterocycles. The number of hydrogen-bond donors (Lipinski definition) is 0. The van der Waals surface area contributed by atoms with E-state index in [1.807, 2.05) is 69.2 Å². The predicted octanol–water partition coefficient (Wildman–Crippen LogP) is 12.1. The molecule has 0 aliphatic carbocycles. The van der Waals surface area contributed by atoms with Crippen LogP contribution in [0.25, 0.3) is 0 Å². The Bertz CT molecular complexity index is 1600. The van der Waals surface area contributed by atoms with Crippen molar-refractivity contribution < 1.29 is 42.9 Å². The Balaban J connectivity index is 2.05. The molecule has 2 aromatic rings. The standard InChI is InChI=1S/C48H73ClO9/c1-44(2,3)57-41(51)46(7,8)32-20-16-14-18-22-38(54-13)39(23-19-15-17-21-33-47(9,10)42(52)58-45(4,5)6)55-43(53)48(11,12)56-37-30-26-35(27-31-37)40(50)34-24-28-36(49)29-25-34/h24-31,38-39H,14-23,32-33H2,1-13H3/t38-,39-/m0/s1. The summed E-state index contributed by atoms with van der Waals surface area (Å²) in [7, 11) is 1.65. The van der Waals surface area contributed by atoms with E-state index in [2.05, 4.69) is 0 Å². The van der Waals surface area contributed by atoms with Crippen LogP contribution in [0.2, 0.25) is 5.02 Å². The van der Waals surface area contributed by atoms with E-state index in [9.17, 15) is 19.2 Å². The molecular weight excluding hydrogens is 756 g/mol. The number of carbonyl (C=O) groups is 4. The highest BCUT2D eigenvalue weighted by Crippen LogP contribution is 2.31. The molecule has 10 heteroatoms. The summed E-state index contributed by atoms with van der Waals surface area (Å²) in [5.74, 6) is -0.590. The number of halogens is 1. The molecule has 0 aliphatic heterocycles. The molecule has 9 nitrogen and oxygen atoms in total. The summed E-state index contributed by atoms with van der Waals surface area (Å²) in [5.41, 5.74) is -2.50. The lowest BCUT2D eigenvalue weighted by atomic mass is 9.86. The van der Waals surface area contributed by atoms with Gasteiger partial charge >= 0.3 is 17.9 Å². The number of ketones is 1. The second kappa shape index (κ2) is 22.3. The first-order chi connectivity index (χ1) is 26.8. The van der Waals surface area contributed by atoms with Crippen LogP contribution in [-0.4, -0.2) is 59.8 Å². The monoisotopic (exact) mass is 828 g/mol. The van der Waals surface area contributed by atoms with Crippen molar-refractivity contribution in [2.45, 2.75) is 189 Å². The molecule has 0 aromatic heterocycles. The SMILES string of the molecule is CO[C@@H](CCCCCCC(C)(C)C(=O)OC(C)(C)C)[C@H](CCCCCCC(C)(C)C(=O)OC(C)(C)C)OC(=O)C(C)(C)Oc1ccc(C(=O)c2ccc(Cl)cc2)cc1. The second-order valence-corrected chi connectivity index (χ2v) is 19.8. The van der Waals surface area contributed by atoms with Crippen LogP contribution >= 0.6 is 11.6 Å². The molecule has 326 valence electrons. The molecule has 58 heavy (non-hydrogen) atoms. The van der Waals surface area contributed by atoms with Gasteiger partial charge in [-0.15, -0.1) is 0 Å². The van der Waals surface area contributed by atoms with E-state index in [1.165, 1.54) is 0 Å². The zero-order chi connectivity index (χ0) is 44.0. The Labute approximate surface area is 354 Å². The smallest absolute Gasteiger partial charge is 0.350 e. The maximum Gasteiger partial charge on any atom is 0.350 e. The minimum atomic E-state index is -1.33. The Morgan fingerprint density at radius 3 is 1.34 bits per heavy atom. The fourth-order valence-corrected chi connectivity index (χ4v) is 6.53. The number of ether oxygens (including phenoxy) is 5. The van der Waals surface area contributed by atoms with Gasteiger partial charge in [0, 0.05) is 23.3 Å². The Hall–Kier alpha value is -3.43. The number of carbonyl (C=O) groups excluding carboxylic acids is 4. The van der Waals surface area contributed by atoms with Crippen LogP contribution < -0.4 is 4.74 Å². The van der Waals surface area contributed by atoms with Crippen molar-refractivity contribution in [1.82, 2.24) is 0 Å². The molecule has 0 unspecified atom stereocenters. The highest BCUT2D eigenvalue weighted by molar-refractivity contribution is 6.30. The topological polar surface area (TPSA) is 114 Å². The van der Waals surface area contributed by atoms with Gasteiger partial charge < -0.3 is 23.7 Å². The summed E-state index contributed by atoms with van der Waals surface area (Å²) in [4.78, 5) is 52.2. The van der Waals surface area contributed by atoms with Crippen molar-refractivity contribution in [2.75, 3.05) is 7.11 Å². The van der Waals surface area contributed by atoms with Gasteiger partial charge in [-0.25, -0.2) is 4.79 Å². The van der Waals surface area contributed by atoms with Crippen LogP contribution in [0.15, 0.2) is 48.5 Å². The van der Waals surface area contributed by atoms with Crippen LogP contribution in [0.1, 0.15) is 176 Å². The number of methoxy groups -OCH3 is 1. The van der Waals surface area contributed by atoms with Crippen LogP contribution in [0.4, 0.5) is 0 Å². The molecule has 0 aliphatic rings. The van der Waals surface area contributed by atoms with Crippen LogP contribution in [0.5, 0.6) is 5.75 Å². The predicted molar refractivity (Wildman–Crippen MR) is 231 cm³/mol. The van der Waals surface area contributed by atoms with E-state index in [-0.39, 0.29) is 23.8 Å². The van der Waals surface area contributed by atoms with Crippen molar-refractivity contribution in [2.24, 2.45) is 10.8 Å². The normalized spacial score (nSPS) is 13.7. The molecule has 0 fully saturated rings. The van der Waals surface area contributed by atoms with Gasteiger partial charge in [0.1, 0.15) is 23.1 Å². The minimum absolute atomic E-state index is 0.147. The number of esters is 3. The van der Waals surface area contributed by atoms with Gasteiger partial charge in [-0.1, -0.05) is 56.5 Å². The molecule has 2 atom stereocenters. The third kappa shape index (κ3) is 18.2. The van der Waals surface area contributed by atoms with Crippen molar-refractivity contribution in [3.63, 3.8) is 0 Å². The van der Waals surface area contributed by atoms with E-state index < -0.39 is 39.7 Å². The lowest BCUT2D eigenvalue weighted by molar-refractivity contribution is -0.173. The maximum atomic E-state index is 13.8. The molecule has 2 aromatic carbocycles. The van der Waals surface area contributed by atoms with Crippen LogP contribution in [0.3, 0.4) is 0 Å². The Morgan fingerprint density at radius 1 is 0.534 bits per heavy atom. The average molecular weight is 830 g/mol. The summed E-state index contributed by atoms with van der Waals surface area (Å²) in [6, 6.07) is 13.4. The quantitative estimate of drug-likeness (QED) is 0.0441. The zero-order valence-corrected chi connectivity index (χ0v) is 38.6. The van der Waals surface area contributed by atoms with Gasteiger partial charge in [-0.3, -0.25) is 14.4 Å². The molecule has 0 amide bonds. The summed E-state index contributed by atoms with van der Waals surface area (Å²) in [5, 5.41) is 0.553. The maximum absolute atomic E-state index is 13.8. The highest BCUT2D eigenvalue weighted by Gasteiger charge is 2.37. The molecule has 0 heterocycles. The van der Waals surface area contributed by atoms with Crippen molar-refractivity contribution in [3.05, 3.63) is 64.7 Å². The van der Waals surface area contributed by atoms with Crippen molar-refractivity contribution >= 4 is 35.3 Å². The third-order valence-corrected chi connectivity index (χ3v) is 10.3. The molecule has 2 rings (SSSR count). The fraction of sp³-hybridized carbons (Fsp3) is 0.667. The van der Waals surface area contributed by atoms with Crippen LogP contribution in [-0.2, 0) is 33.3 Å². The van der Waals surface area contributed by atoms with E-state index in [4.69, 9.17) is 35.3 Å². The summed E-state index contributed by atoms with van der Waals surface area (Å²) < 4.78 is 29.6. The number of hydrogen-bond acceptors (Lipinski definition) is 9. The molecule has 0 saturated carbocycles. The van der Waals surface area contributed by atoms with Gasteiger partial charge in [0.05, 0.1) is 16.9 Å². The van der Waals surface area contributed by atoms with Crippen molar-refractivity contribution in [1.29, 1.82) is 0 Å². The zero-order valence-electron chi connectivity index (χ0n) is 37.8. The minimum Gasteiger partial charge on any atom is -0.476 e. The fourth-order valence-electron chi connectivity index (χ4n) is 6.40. The van der Waals surface area contributed by atoms with Crippen LogP contribution in [0, 0.1) is 10.8 Å². The second-order valence-electron chi connectivity index (χ2n) is 19.4. The van der Waals surface area contributed by atoms with E-state index >= 15 is 0 Å². The largest absolute Gasteiger partial charge is 0.476 e. The van der Waals surface area contributed by atoms with E-state index in [1.54, 1.807) is 69.5 Å². The molecule has 0 bridgehead atoms. The summed E-state index contributed by atoms with van der Waals surface area (Å²) in [6.45, 7) is 22.4. The van der Waals surface area contributed by atoms with Gasteiger partial charge in [0.2, 0.25) is 0 Å². The van der Waals surface area contributed by atoms with Gasteiger partial charge in [0.25, 0.3) is 0 Å². The number of benzene rings is 2. The number of rotatable bonds is 24. The third-order valence-electron chi connectivity index (χ3n) is 10.0. The molecular formula is C48H73ClO9. The lowest BCUT2D eigenvalue weighted by Crippen LogP contribution is -2.44. The summed E-state index contributed by atoms with van der Waals surface area (Å²) >= 11 is 5.98. The number of unbranched alkanes of at least 4 members (excludes halogenated alkanes) is 6. The van der Waals surface area contributed by atoms with E-state index in [0.717, 1.165) is 64.2 Å². The summed E-state index contributed by atoms with van der Waals surface area (Å²) in [6.07, 6.45) is 9.16. The van der Waals surface area contributed by atoms with Gasteiger partial charge in [-0.05, 0) is 164 Å². The van der Waals surface area contributed by atoms with Crippen molar-refractivity contribution in [3.8, 4) is 5.75 Å². The van der Waals surface area contributed by atoms with Gasteiger partial charge in [0.15, 0.2) is 11.4 Å².